The van der Waals surface area contributed by atoms with Gasteiger partial charge in [0, 0.05) is 31.2 Å². The average Bonchev–Trinajstić information content (AvgIpc) is 3.14. The second kappa shape index (κ2) is 5.63. The number of hydrogen-bond acceptors (Lipinski definition) is 4. The van der Waals surface area contributed by atoms with E-state index in [0.29, 0.717) is 0 Å². The normalized spacial score (nSPS) is 17.7. The molecular formula is C18H19N5O. The number of hydrogen-bond donors (Lipinski definition) is 1. The number of carbonyl (C=O) groups is 1. The van der Waals surface area contributed by atoms with Crippen LogP contribution in [-0.2, 0) is 11.8 Å². The molecule has 1 aromatic carbocycles. The summed E-state index contributed by atoms with van der Waals surface area (Å²) in [7, 11) is 1.86. The van der Waals surface area contributed by atoms with Gasteiger partial charge in [-0.05, 0) is 31.5 Å². The fourth-order valence-corrected chi connectivity index (χ4v) is 3.15. The summed E-state index contributed by atoms with van der Waals surface area (Å²) in [5.41, 5.74) is 3.85. The molecule has 1 aliphatic heterocycles. The number of benzene rings is 1. The van der Waals surface area contributed by atoms with Gasteiger partial charge in [0.15, 0.2) is 5.65 Å². The maximum absolute atomic E-state index is 12.8. The molecule has 1 saturated heterocycles. The first kappa shape index (κ1) is 14.7. The number of pyridine rings is 1. The molecule has 1 atom stereocenters. The Labute approximate surface area is 140 Å². The molecule has 1 N–H and O–H groups in total. The lowest BCUT2D eigenvalue weighted by atomic mass is 10.2. The molecule has 1 unspecified atom stereocenters. The van der Waals surface area contributed by atoms with Crippen LogP contribution in [0, 0.1) is 6.92 Å². The van der Waals surface area contributed by atoms with Crippen molar-refractivity contribution < 1.29 is 4.79 Å². The molecule has 0 bridgehead atoms. The highest BCUT2D eigenvalue weighted by molar-refractivity contribution is 6.02. The lowest BCUT2D eigenvalue weighted by molar-refractivity contribution is -0.117. The fourth-order valence-electron chi connectivity index (χ4n) is 3.15. The van der Waals surface area contributed by atoms with E-state index in [9.17, 15) is 4.79 Å². The number of anilines is 2. The van der Waals surface area contributed by atoms with Gasteiger partial charge in [0.05, 0.1) is 11.6 Å². The molecule has 1 fully saturated rings. The third-order valence-corrected chi connectivity index (χ3v) is 4.52. The molecular weight excluding hydrogens is 302 g/mol. The minimum atomic E-state index is -0.225. The molecule has 0 aliphatic carbocycles. The standard InChI is InChI=1S/C18H19N5O/c1-12-3-5-13(6-4-12)23-10-8-16(18(23)24)21-15-7-9-19-17-14(15)11-20-22(17)2/h3-7,9,11,16H,8,10H2,1-2H3,(H,19,21). The van der Waals surface area contributed by atoms with Crippen molar-refractivity contribution in [3.05, 3.63) is 48.3 Å². The van der Waals surface area contributed by atoms with Crippen molar-refractivity contribution in [2.75, 3.05) is 16.8 Å². The Balaban J connectivity index is 1.57. The number of aryl methyl sites for hydroxylation is 2. The Kier molecular flexibility index (Phi) is 3.45. The summed E-state index contributed by atoms with van der Waals surface area (Å²) in [6, 6.07) is 9.74. The molecule has 1 aliphatic rings. The minimum absolute atomic E-state index is 0.104. The quantitative estimate of drug-likeness (QED) is 0.805. The Morgan fingerprint density at radius 3 is 2.79 bits per heavy atom. The van der Waals surface area contributed by atoms with E-state index in [1.165, 1.54) is 5.56 Å². The smallest absolute Gasteiger partial charge is 0.249 e. The maximum atomic E-state index is 12.8. The summed E-state index contributed by atoms with van der Waals surface area (Å²) in [4.78, 5) is 18.9. The highest BCUT2D eigenvalue weighted by Gasteiger charge is 2.32. The monoisotopic (exact) mass is 321 g/mol. The molecule has 2 aromatic heterocycles. The zero-order chi connectivity index (χ0) is 16.7. The van der Waals surface area contributed by atoms with E-state index in [1.54, 1.807) is 17.1 Å². The number of aromatic nitrogens is 3. The lowest BCUT2D eigenvalue weighted by Gasteiger charge is -2.18. The van der Waals surface area contributed by atoms with Gasteiger partial charge in [-0.1, -0.05) is 17.7 Å². The van der Waals surface area contributed by atoms with Crippen LogP contribution >= 0.6 is 0 Å². The van der Waals surface area contributed by atoms with Crippen LogP contribution in [0.4, 0.5) is 11.4 Å². The molecule has 0 saturated carbocycles. The minimum Gasteiger partial charge on any atom is -0.373 e. The van der Waals surface area contributed by atoms with Gasteiger partial charge in [0.1, 0.15) is 6.04 Å². The number of nitrogens with zero attached hydrogens (tertiary/aromatic N) is 4. The van der Waals surface area contributed by atoms with E-state index in [0.717, 1.165) is 35.4 Å². The van der Waals surface area contributed by atoms with Gasteiger partial charge in [0.2, 0.25) is 5.91 Å². The Hall–Kier alpha value is -2.89. The average molecular weight is 321 g/mol. The van der Waals surface area contributed by atoms with E-state index < -0.39 is 0 Å². The van der Waals surface area contributed by atoms with Crippen molar-refractivity contribution in [2.45, 2.75) is 19.4 Å². The van der Waals surface area contributed by atoms with Crippen molar-refractivity contribution >= 4 is 28.3 Å². The molecule has 4 rings (SSSR count). The topological polar surface area (TPSA) is 63.0 Å². The second-order valence-electron chi connectivity index (χ2n) is 6.17. The number of fused-ring (bicyclic) bond motifs is 1. The number of amides is 1. The lowest BCUT2D eigenvalue weighted by Crippen LogP contribution is -2.33. The maximum Gasteiger partial charge on any atom is 0.249 e. The van der Waals surface area contributed by atoms with Crippen LogP contribution in [0.15, 0.2) is 42.7 Å². The van der Waals surface area contributed by atoms with Gasteiger partial charge in [-0.25, -0.2) is 4.98 Å². The Morgan fingerprint density at radius 1 is 1.21 bits per heavy atom. The Morgan fingerprint density at radius 2 is 2.00 bits per heavy atom. The molecule has 6 heteroatoms. The van der Waals surface area contributed by atoms with Crippen LogP contribution in [0.25, 0.3) is 11.0 Å². The van der Waals surface area contributed by atoms with Crippen molar-refractivity contribution in [2.24, 2.45) is 7.05 Å². The van der Waals surface area contributed by atoms with Gasteiger partial charge in [-0.3, -0.25) is 9.48 Å². The number of nitrogens with one attached hydrogen (secondary N) is 1. The molecule has 3 heterocycles. The summed E-state index contributed by atoms with van der Waals surface area (Å²) in [6.07, 6.45) is 4.29. The predicted octanol–water partition coefficient (Wildman–Crippen LogP) is 2.49. The van der Waals surface area contributed by atoms with Crippen molar-refractivity contribution in [3.8, 4) is 0 Å². The molecule has 6 nitrogen and oxygen atoms in total. The van der Waals surface area contributed by atoms with Gasteiger partial charge < -0.3 is 10.2 Å². The number of carbonyl (C=O) groups excluding carboxylic acids is 1. The summed E-state index contributed by atoms with van der Waals surface area (Å²) in [5.74, 6) is 0.104. The number of rotatable bonds is 3. The highest BCUT2D eigenvalue weighted by atomic mass is 16.2. The molecule has 1 amide bonds. The first-order valence-electron chi connectivity index (χ1n) is 8.05. The largest absolute Gasteiger partial charge is 0.373 e. The van der Waals surface area contributed by atoms with Crippen LogP contribution in [0.5, 0.6) is 0 Å². The van der Waals surface area contributed by atoms with Crippen LogP contribution in [0.3, 0.4) is 0 Å². The Bertz CT molecular complexity index is 899. The molecule has 0 radical (unpaired) electrons. The second-order valence-corrected chi connectivity index (χ2v) is 6.17. The SMILES string of the molecule is Cc1ccc(N2CCC(Nc3ccnc4c3cnn4C)C2=O)cc1. The van der Waals surface area contributed by atoms with Crippen LogP contribution in [0.1, 0.15) is 12.0 Å². The first-order valence-corrected chi connectivity index (χ1v) is 8.05. The van der Waals surface area contributed by atoms with Gasteiger partial charge in [0.25, 0.3) is 0 Å². The van der Waals surface area contributed by atoms with E-state index in [-0.39, 0.29) is 11.9 Å². The van der Waals surface area contributed by atoms with Gasteiger partial charge in [-0.15, -0.1) is 0 Å². The van der Waals surface area contributed by atoms with E-state index >= 15 is 0 Å². The van der Waals surface area contributed by atoms with Crippen LogP contribution in [0.2, 0.25) is 0 Å². The first-order chi connectivity index (χ1) is 11.6. The van der Waals surface area contributed by atoms with E-state index in [2.05, 4.69) is 15.4 Å². The summed E-state index contributed by atoms with van der Waals surface area (Å²) in [6.45, 7) is 2.77. The zero-order valence-corrected chi connectivity index (χ0v) is 13.7. The van der Waals surface area contributed by atoms with E-state index in [1.807, 2.05) is 49.2 Å². The third-order valence-electron chi connectivity index (χ3n) is 4.52. The predicted molar refractivity (Wildman–Crippen MR) is 94.1 cm³/mol. The van der Waals surface area contributed by atoms with Crippen molar-refractivity contribution in [3.63, 3.8) is 0 Å². The zero-order valence-electron chi connectivity index (χ0n) is 13.7. The van der Waals surface area contributed by atoms with Crippen LogP contribution < -0.4 is 10.2 Å². The van der Waals surface area contributed by atoms with Crippen molar-refractivity contribution in [1.82, 2.24) is 14.8 Å². The van der Waals surface area contributed by atoms with Crippen LogP contribution in [-0.4, -0.2) is 33.3 Å². The summed E-state index contributed by atoms with van der Waals surface area (Å²) in [5, 5.41) is 8.55. The molecule has 24 heavy (non-hydrogen) atoms. The molecule has 3 aromatic rings. The molecule has 122 valence electrons. The van der Waals surface area contributed by atoms with Crippen molar-refractivity contribution in [1.29, 1.82) is 0 Å². The summed E-state index contributed by atoms with van der Waals surface area (Å²) >= 11 is 0. The highest BCUT2D eigenvalue weighted by Crippen LogP contribution is 2.26. The fraction of sp³-hybridized carbons (Fsp3) is 0.278. The van der Waals surface area contributed by atoms with E-state index in [4.69, 9.17) is 0 Å². The summed E-state index contributed by atoms with van der Waals surface area (Å²) < 4.78 is 1.73. The van der Waals surface area contributed by atoms with Gasteiger partial charge >= 0.3 is 0 Å². The molecule has 0 spiro atoms. The van der Waals surface area contributed by atoms with Gasteiger partial charge in [-0.2, -0.15) is 5.10 Å². The third kappa shape index (κ3) is 2.40.